The lowest BCUT2D eigenvalue weighted by atomic mass is 10.0. The zero-order chi connectivity index (χ0) is 16.8. The molecule has 2 rings (SSSR count). The summed E-state index contributed by atoms with van der Waals surface area (Å²) in [5.74, 6) is 1.64. The van der Waals surface area contributed by atoms with Gasteiger partial charge in [0, 0.05) is 12.1 Å². The first-order chi connectivity index (χ1) is 10.9. The Balaban J connectivity index is 1.95. The number of carbonyl (C=O) groups excluding carboxylic acids is 1. The molecule has 1 heterocycles. The minimum atomic E-state index is 0.0202. The number of nitrogens with zero attached hydrogens (tertiary/aromatic N) is 1. The lowest BCUT2D eigenvalue weighted by Crippen LogP contribution is -2.13. The summed E-state index contributed by atoms with van der Waals surface area (Å²) in [7, 11) is 0. The van der Waals surface area contributed by atoms with Gasteiger partial charge in [-0.05, 0) is 41.7 Å². The molecule has 0 bridgehead atoms. The Bertz CT molecular complexity index is 631. The lowest BCUT2D eigenvalue weighted by molar-refractivity contribution is -0.116. The Morgan fingerprint density at radius 1 is 1.00 bits per heavy atom. The zero-order valence-electron chi connectivity index (χ0n) is 14.3. The minimum Gasteiger partial charge on any atom is -0.340 e. The van der Waals surface area contributed by atoms with E-state index in [2.05, 4.69) is 53.7 Å². The van der Waals surface area contributed by atoms with Crippen molar-refractivity contribution in [3.63, 3.8) is 0 Å². The number of aromatic nitrogens is 1. The molecule has 0 unspecified atom stereocenters. The number of carbonyl (C=O) groups is 1. The predicted octanol–water partition coefficient (Wildman–Crippen LogP) is 4.93. The largest absolute Gasteiger partial charge is 0.340 e. The van der Waals surface area contributed by atoms with Crippen LogP contribution < -0.4 is 10.6 Å². The third-order valence-electron chi connectivity index (χ3n) is 3.49. The van der Waals surface area contributed by atoms with E-state index in [0.29, 0.717) is 18.3 Å². The number of benzene rings is 1. The van der Waals surface area contributed by atoms with Crippen molar-refractivity contribution in [1.29, 1.82) is 0 Å². The molecule has 0 aliphatic heterocycles. The summed E-state index contributed by atoms with van der Waals surface area (Å²) >= 11 is 0. The Morgan fingerprint density at radius 3 is 2.17 bits per heavy atom. The SMILES string of the molecule is CC(C)CC(=O)Nc1ccc(Nc2ccc(C(C)C)cc2)nc1. The summed E-state index contributed by atoms with van der Waals surface area (Å²) < 4.78 is 0. The molecule has 122 valence electrons. The van der Waals surface area contributed by atoms with Crippen molar-refractivity contribution < 1.29 is 4.79 Å². The number of anilines is 3. The van der Waals surface area contributed by atoms with Gasteiger partial charge < -0.3 is 10.6 Å². The Labute approximate surface area is 138 Å². The summed E-state index contributed by atoms with van der Waals surface area (Å²) in [5, 5.41) is 6.11. The molecule has 0 atom stereocenters. The number of pyridine rings is 1. The average Bonchev–Trinajstić information content (AvgIpc) is 2.49. The van der Waals surface area contributed by atoms with Crippen molar-refractivity contribution in [2.75, 3.05) is 10.6 Å². The summed E-state index contributed by atoms with van der Waals surface area (Å²) in [6.07, 6.45) is 2.19. The molecule has 0 spiro atoms. The third-order valence-corrected chi connectivity index (χ3v) is 3.49. The third kappa shape index (κ3) is 5.40. The fourth-order valence-corrected chi connectivity index (χ4v) is 2.22. The van der Waals surface area contributed by atoms with Crippen LogP contribution in [0.2, 0.25) is 0 Å². The second kappa shape index (κ2) is 7.77. The molecule has 1 aromatic carbocycles. The minimum absolute atomic E-state index is 0.0202. The molecule has 1 amide bonds. The molecule has 0 radical (unpaired) electrons. The van der Waals surface area contributed by atoms with Gasteiger partial charge >= 0.3 is 0 Å². The number of hydrogen-bond acceptors (Lipinski definition) is 3. The Morgan fingerprint density at radius 2 is 1.65 bits per heavy atom. The smallest absolute Gasteiger partial charge is 0.224 e. The van der Waals surface area contributed by atoms with E-state index >= 15 is 0 Å². The quantitative estimate of drug-likeness (QED) is 0.795. The van der Waals surface area contributed by atoms with E-state index in [1.54, 1.807) is 6.20 Å². The van der Waals surface area contributed by atoms with Crippen LogP contribution in [0.1, 0.15) is 45.6 Å². The summed E-state index contributed by atoms with van der Waals surface area (Å²) in [5.41, 5.74) is 3.03. The van der Waals surface area contributed by atoms with Gasteiger partial charge in [-0.15, -0.1) is 0 Å². The fraction of sp³-hybridized carbons (Fsp3) is 0.368. The van der Waals surface area contributed by atoms with E-state index < -0.39 is 0 Å². The van der Waals surface area contributed by atoms with Gasteiger partial charge in [-0.1, -0.05) is 39.8 Å². The van der Waals surface area contributed by atoms with Crippen LogP contribution in [0.5, 0.6) is 0 Å². The molecule has 23 heavy (non-hydrogen) atoms. The van der Waals surface area contributed by atoms with E-state index in [4.69, 9.17) is 0 Å². The van der Waals surface area contributed by atoms with Crippen molar-refractivity contribution in [3.8, 4) is 0 Å². The number of rotatable bonds is 6. The van der Waals surface area contributed by atoms with Crippen molar-refractivity contribution in [3.05, 3.63) is 48.2 Å². The van der Waals surface area contributed by atoms with Gasteiger partial charge in [0.25, 0.3) is 0 Å². The van der Waals surface area contributed by atoms with Crippen LogP contribution in [-0.4, -0.2) is 10.9 Å². The highest BCUT2D eigenvalue weighted by Crippen LogP contribution is 2.20. The second-order valence-corrected chi connectivity index (χ2v) is 6.48. The van der Waals surface area contributed by atoms with Crippen LogP contribution in [0.4, 0.5) is 17.2 Å². The van der Waals surface area contributed by atoms with E-state index in [0.717, 1.165) is 17.2 Å². The van der Waals surface area contributed by atoms with Crippen LogP contribution in [0.15, 0.2) is 42.6 Å². The maximum atomic E-state index is 11.7. The van der Waals surface area contributed by atoms with E-state index in [9.17, 15) is 4.79 Å². The summed E-state index contributed by atoms with van der Waals surface area (Å²) in [4.78, 5) is 16.1. The highest BCUT2D eigenvalue weighted by Gasteiger charge is 2.06. The summed E-state index contributed by atoms with van der Waals surface area (Å²) in [6, 6.07) is 12.1. The average molecular weight is 311 g/mol. The van der Waals surface area contributed by atoms with Gasteiger partial charge in [0.05, 0.1) is 11.9 Å². The number of nitrogens with one attached hydrogen (secondary N) is 2. The first kappa shape index (κ1) is 17.0. The van der Waals surface area contributed by atoms with Crippen LogP contribution in [0.3, 0.4) is 0 Å². The van der Waals surface area contributed by atoms with Gasteiger partial charge in [0.1, 0.15) is 5.82 Å². The van der Waals surface area contributed by atoms with E-state index in [1.165, 1.54) is 5.56 Å². The van der Waals surface area contributed by atoms with Gasteiger partial charge in [0.2, 0.25) is 5.91 Å². The van der Waals surface area contributed by atoms with Crippen LogP contribution in [0.25, 0.3) is 0 Å². The van der Waals surface area contributed by atoms with Gasteiger partial charge in [0.15, 0.2) is 0 Å². The molecular formula is C19H25N3O. The van der Waals surface area contributed by atoms with Crippen LogP contribution in [0, 0.1) is 5.92 Å². The maximum Gasteiger partial charge on any atom is 0.224 e. The first-order valence-electron chi connectivity index (χ1n) is 8.07. The van der Waals surface area contributed by atoms with E-state index in [-0.39, 0.29) is 5.91 Å². The second-order valence-electron chi connectivity index (χ2n) is 6.48. The van der Waals surface area contributed by atoms with Crippen molar-refractivity contribution in [2.45, 2.75) is 40.0 Å². The molecule has 4 heteroatoms. The molecule has 0 saturated carbocycles. The number of hydrogen-bond donors (Lipinski definition) is 2. The normalized spacial score (nSPS) is 10.9. The molecular weight excluding hydrogens is 286 g/mol. The Kier molecular flexibility index (Phi) is 5.74. The summed E-state index contributed by atoms with van der Waals surface area (Å²) in [6.45, 7) is 8.40. The molecule has 0 aliphatic rings. The molecule has 0 saturated heterocycles. The van der Waals surface area contributed by atoms with Crippen molar-refractivity contribution >= 4 is 23.1 Å². The zero-order valence-corrected chi connectivity index (χ0v) is 14.3. The molecule has 0 fully saturated rings. The molecule has 2 aromatic rings. The van der Waals surface area contributed by atoms with Crippen LogP contribution in [-0.2, 0) is 4.79 Å². The topological polar surface area (TPSA) is 54.0 Å². The maximum absolute atomic E-state index is 11.7. The molecule has 2 N–H and O–H groups in total. The predicted molar refractivity (Wildman–Crippen MR) is 96.1 cm³/mol. The monoisotopic (exact) mass is 311 g/mol. The van der Waals surface area contributed by atoms with Crippen molar-refractivity contribution in [1.82, 2.24) is 4.98 Å². The highest BCUT2D eigenvalue weighted by molar-refractivity contribution is 5.90. The lowest BCUT2D eigenvalue weighted by Gasteiger charge is -2.10. The van der Waals surface area contributed by atoms with E-state index in [1.807, 2.05) is 26.0 Å². The first-order valence-corrected chi connectivity index (χ1v) is 8.07. The molecule has 4 nitrogen and oxygen atoms in total. The molecule has 0 aliphatic carbocycles. The van der Waals surface area contributed by atoms with Crippen LogP contribution >= 0.6 is 0 Å². The number of amides is 1. The highest BCUT2D eigenvalue weighted by atomic mass is 16.1. The van der Waals surface area contributed by atoms with Gasteiger partial charge in [-0.2, -0.15) is 0 Å². The Hall–Kier alpha value is -2.36. The standard InChI is InChI=1S/C19H25N3O/c1-13(2)11-19(23)22-17-9-10-18(20-12-17)21-16-7-5-15(6-8-16)14(3)4/h5-10,12-14H,11H2,1-4H3,(H,20,21)(H,22,23). The van der Waals surface area contributed by atoms with Gasteiger partial charge in [-0.3, -0.25) is 4.79 Å². The fourth-order valence-electron chi connectivity index (χ4n) is 2.22. The van der Waals surface area contributed by atoms with Gasteiger partial charge in [-0.25, -0.2) is 4.98 Å². The molecule has 1 aromatic heterocycles. The van der Waals surface area contributed by atoms with Crippen molar-refractivity contribution in [2.24, 2.45) is 5.92 Å².